The number of hydrogen-bond acceptors (Lipinski definition) is 8. The van der Waals surface area contributed by atoms with Crippen LogP contribution in [-0.4, -0.2) is 58.8 Å². The van der Waals surface area contributed by atoms with Gasteiger partial charge in [0.25, 0.3) is 5.91 Å². The Morgan fingerprint density at radius 2 is 1.73 bits per heavy atom. The number of fused-ring (bicyclic) bond motifs is 1. The predicted octanol–water partition coefficient (Wildman–Crippen LogP) is 2.57. The Bertz CT molecular complexity index is 1260. The van der Waals surface area contributed by atoms with Crippen LogP contribution in [0.1, 0.15) is 28.9 Å². The maximum atomic E-state index is 13.0. The number of rotatable bonds is 8. The van der Waals surface area contributed by atoms with Crippen LogP contribution in [-0.2, 0) is 16.6 Å². The van der Waals surface area contributed by atoms with Gasteiger partial charge in [0.05, 0.1) is 31.6 Å². The van der Waals surface area contributed by atoms with Crippen molar-refractivity contribution < 1.29 is 31.9 Å². The smallest absolute Gasteiger partial charge is 0.276 e. The molecule has 0 atom stereocenters. The van der Waals surface area contributed by atoms with Gasteiger partial charge >= 0.3 is 0 Å². The number of nitrogens with zero attached hydrogens (tertiary/aromatic N) is 2. The molecule has 2 aromatic carbocycles. The van der Waals surface area contributed by atoms with Crippen LogP contribution in [0.4, 0.5) is 0 Å². The van der Waals surface area contributed by atoms with Crippen molar-refractivity contribution in [3.63, 3.8) is 0 Å². The average Bonchev–Trinajstić information content (AvgIpc) is 3.51. The summed E-state index contributed by atoms with van der Waals surface area (Å²) in [7, 11) is 0.564. The number of benzene rings is 2. The van der Waals surface area contributed by atoms with E-state index in [0.717, 1.165) is 12.8 Å². The summed E-state index contributed by atoms with van der Waals surface area (Å²) in [6.07, 6.45) is 1.87. The zero-order valence-corrected chi connectivity index (χ0v) is 19.4. The van der Waals surface area contributed by atoms with Gasteiger partial charge in [0, 0.05) is 19.6 Å². The minimum atomic E-state index is -3.90. The van der Waals surface area contributed by atoms with Crippen LogP contribution in [0.2, 0.25) is 0 Å². The highest BCUT2D eigenvalue weighted by Gasteiger charge is 2.26. The van der Waals surface area contributed by atoms with Gasteiger partial charge < -0.3 is 23.6 Å². The van der Waals surface area contributed by atoms with Crippen LogP contribution in [0, 0.1) is 0 Å². The number of ether oxygens (including phenoxy) is 3. The number of amides is 1. The van der Waals surface area contributed by atoms with Crippen molar-refractivity contribution >= 4 is 26.9 Å². The summed E-state index contributed by atoms with van der Waals surface area (Å²) in [5.74, 6) is 0.995. The van der Waals surface area contributed by atoms with Gasteiger partial charge in [-0.25, -0.2) is 13.1 Å². The molecule has 1 fully saturated rings. The summed E-state index contributed by atoms with van der Waals surface area (Å²) in [5.41, 5.74) is 1.08. The van der Waals surface area contributed by atoms with Crippen molar-refractivity contribution in [2.75, 3.05) is 34.4 Å². The fourth-order valence-corrected chi connectivity index (χ4v) is 4.85. The highest BCUT2D eigenvalue weighted by Crippen LogP contribution is 2.38. The number of methoxy groups -OCH3 is 3. The standard InChI is InChI=1S/C22H25N3O7S/c1-29-18-10-14(11-19(30-2)21(18)31-3)13-23-33(27,28)15-6-7-17-16(12-15)20(24-32-17)22(26)25-8-4-5-9-25/h6-7,10-12,23H,4-5,8-9,13H2,1-3H3. The van der Waals surface area contributed by atoms with Gasteiger partial charge in [-0.3, -0.25) is 4.79 Å². The molecule has 3 aromatic rings. The molecule has 1 aromatic heterocycles. The van der Waals surface area contributed by atoms with Crippen molar-refractivity contribution in [3.8, 4) is 17.2 Å². The first kappa shape index (κ1) is 22.9. The first-order valence-electron chi connectivity index (χ1n) is 10.3. The maximum absolute atomic E-state index is 13.0. The lowest BCUT2D eigenvalue weighted by Gasteiger charge is -2.14. The van der Waals surface area contributed by atoms with Crippen LogP contribution in [0.15, 0.2) is 39.8 Å². The highest BCUT2D eigenvalue weighted by atomic mass is 32.2. The van der Waals surface area contributed by atoms with Gasteiger partial charge in [0.2, 0.25) is 15.8 Å². The Morgan fingerprint density at radius 3 is 2.33 bits per heavy atom. The molecule has 1 N–H and O–H groups in total. The SMILES string of the molecule is COc1cc(CNS(=O)(=O)c2ccc3onc(C(=O)N4CCCC4)c3c2)cc(OC)c1OC. The lowest BCUT2D eigenvalue weighted by atomic mass is 10.2. The molecule has 1 saturated heterocycles. The first-order chi connectivity index (χ1) is 15.9. The maximum Gasteiger partial charge on any atom is 0.276 e. The molecule has 11 heteroatoms. The van der Waals surface area contributed by atoms with Crippen LogP contribution in [0.25, 0.3) is 11.0 Å². The molecule has 2 heterocycles. The van der Waals surface area contributed by atoms with Gasteiger partial charge in [-0.05, 0) is 48.7 Å². The van der Waals surface area contributed by atoms with E-state index in [-0.39, 0.29) is 23.0 Å². The topological polar surface area (TPSA) is 120 Å². The van der Waals surface area contributed by atoms with Crippen molar-refractivity contribution in [1.29, 1.82) is 0 Å². The Morgan fingerprint density at radius 1 is 1.06 bits per heavy atom. The second kappa shape index (κ2) is 9.28. The molecule has 176 valence electrons. The largest absolute Gasteiger partial charge is 0.493 e. The predicted molar refractivity (Wildman–Crippen MR) is 119 cm³/mol. The third-order valence-electron chi connectivity index (χ3n) is 5.54. The fourth-order valence-electron chi connectivity index (χ4n) is 3.81. The second-order valence-corrected chi connectivity index (χ2v) is 9.31. The fraction of sp³-hybridized carbons (Fsp3) is 0.364. The molecule has 1 amide bonds. The Balaban J connectivity index is 1.59. The zero-order valence-electron chi connectivity index (χ0n) is 18.6. The quantitative estimate of drug-likeness (QED) is 0.528. The van der Waals surface area contributed by atoms with Crippen molar-refractivity contribution in [1.82, 2.24) is 14.8 Å². The third-order valence-corrected chi connectivity index (χ3v) is 6.94. The Kier molecular flexibility index (Phi) is 6.43. The van der Waals surface area contributed by atoms with E-state index in [1.54, 1.807) is 17.0 Å². The molecule has 1 aliphatic rings. The van der Waals surface area contributed by atoms with Gasteiger partial charge in [0.15, 0.2) is 22.8 Å². The lowest BCUT2D eigenvalue weighted by molar-refractivity contribution is 0.0784. The minimum absolute atomic E-state index is 0.00103. The van der Waals surface area contributed by atoms with Crippen molar-refractivity contribution in [2.24, 2.45) is 0 Å². The number of aromatic nitrogens is 1. The normalized spacial score (nSPS) is 14.0. The van der Waals surface area contributed by atoms with Crippen molar-refractivity contribution in [2.45, 2.75) is 24.3 Å². The number of sulfonamides is 1. The molecule has 4 rings (SSSR count). The minimum Gasteiger partial charge on any atom is -0.493 e. The number of hydrogen-bond donors (Lipinski definition) is 1. The third kappa shape index (κ3) is 4.46. The van der Waals surface area contributed by atoms with E-state index in [2.05, 4.69) is 9.88 Å². The van der Waals surface area contributed by atoms with Crippen LogP contribution >= 0.6 is 0 Å². The van der Waals surface area contributed by atoms with Crippen LogP contribution < -0.4 is 18.9 Å². The first-order valence-corrected chi connectivity index (χ1v) is 11.8. The molecule has 0 aliphatic carbocycles. The van der Waals surface area contributed by atoms with E-state index in [0.29, 0.717) is 46.9 Å². The summed E-state index contributed by atoms with van der Waals surface area (Å²) >= 11 is 0. The molecule has 33 heavy (non-hydrogen) atoms. The van der Waals surface area contributed by atoms with Crippen molar-refractivity contribution in [3.05, 3.63) is 41.6 Å². The van der Waals surface area contributed by atoms with E-state index >= 15 is 0 Å². The van der Waals surface area contributed by atoms with E-state index in [1.807, 2.05) is 0 Å². The number of carbonyl (C=O) groups is 1. The molecular formula is C22H25N3O7S. The van der Waals surface area contributed by atoms with E-state index in [4.69, 9.17) is 18.7 Å². The second-order valence-electron chi connectivity index (χ2n) is 7.55. The summed E-state index contributed by atoms with van der Waals surface area (Å²) < 4.78 is 49.7. The number of nitrogens with one attached hydrogen (secondary N) is 1. The van der Waals surface area contributed by atoms with E-state index in [9.17, 15) is 13.2 Å². The summed E-state index contributed by atoms with van der Waals surface area (Å²) in [4.78, 5) is 14.5. The lowest BCUT2D eigenvalue weighted by Crippen LogP contribution is -2.28. The molecule has 0 bridgehead atoms. The highest BCUT2D eigenvalue weighted by molar-refractivity contribution is 7.89. The summed E-state index contributed by atoms with van der Waals surface area (Å²) in [6, 6.07) is 7.65. The Hall–Kier alpha value is -3.31. The van der Waals surface area contributed by atoms with Gasteiger partial charge in [-0.15, -0.1) is 0 Å². The molecule has 0 spiro atoms. The summed E-state index contributed by atoms with van der Waals surface area (Å²) in [5, 5.41) is 4.25. The average molecular weight is 476 g/mol. The summed E-state index contributed by atoms with van der Waals surface area (Å²) in [6.45, 7) is 1.29. The van der Waals surface area contributed by atoms with Gasteiger partial charge in [0.1, 0.15) is 0 Å². The molecule has 0 saturated carbocycles. The zero-order chi connectivity index (χ0) is 23.6. The van der Waals surface area contributed by atoms with E-state index < -0.39 is 10.0 Å². The molecular weight excluding hydrogens is 450 g/mol. The van der Waals surface area contributed by atoms with Crippen LogP contribution in [0.5, 0.6) is 17.2 Å². The van der Waals surface area contributed by atoms with Gasteiger partial charge in [-0.2, -0.15) is 0 Å². The monoisotopic (exact) mass is 475 g/mol. The molecule has 0 radical (unpaired) electrons. The molecule has 10 nitrogen and oxygen atoms in total. The Labute approximate surface area is 191 Å². The number of likely N-dealkylation sites (tertiary alicyclic amines) is 1. The molecule has 0 unspecified atom stereocenters. The van der Waals surface area contributed by atoms with Crippen LogP contribution in [0.3, 0.4) is 0 Å². The van der Waals surface area contributed by atoms with E-state index in [1.165, 1.54) is 39.5 Å². The van der Waals surface area contributed by atoms with Gasteiger partial charge in [-0.1, -0.05) is 5.16 Å². The molecule has 1 aliphatic heterocycles. The number of carbonyl (C=O) groups excluding carboxylic acids is 1.